The minimum absolute atomic E-state index is 0.0207. The van der Waals surface area contributed by atoms with Gasteiger partial charge in [0, 0.05) is 25.2 Å². The number of nitrogen functional groups attached to an aromatic ring is 1. The number of nitro benzene ring substituents is 1. The molecule has 0 atom stereocenters. The summed E-state index contributed by atoms with van der Waals surface area (Å²) in [5.41, 5.74) is 5.66. The Morgan fingerprint density at radius 3 is 2.65 bits per heavy atom. The first-order valence-electron chi connectivity index (χ1n) is 6.24. The fourth-order valence-electron chi connectivity index (χ4n) is 1.60. The summed E-state index contributed by atoms with van der Waals surface area (Å²) in [4.78, 5) is 23.7. The van der Waals surface area contributed by atoms with E-state index < -0.39 is 4.92 Å². The lowest BCUT2D eigenvalue weighted by molar-refractivity contribution is -0.383. The maximum atomic E-state index is 12.1. The van der Waals surface area contributed by atoms with E-state index in [1.54, 1.807) is 7.05 Å². The first-order valence-corrected chi connectivity index (χ1v) is 6.24. The Balaban J connectivity index is 2.72. The first-order chi connectivity index (χ1) is 9.32. The van der Waals surface area contributed by atoms with Gasteiger partial charge in [0.05, 0.1) is 17.6 Å². The molecule has 0 aromatic heterocycles. The van der Waals surface area contributed by atoms with E-state index in [1.165, 1.54) is 23.1 Å². The molecule has 1 aromatic rings. The van der Waals surface area contributed by atoms with Gasteiger partial charge >= 0.3 is 0 Å². The second-order valence-corrected chi connectivity index (χ2v) is 4.68. The van der Waals surface area contributed by atoms with Gasteiger partial charge in [-0.1, -0.05) is 0 Å². The number of rotatable bonds is 6. The summed E-state index contributed by atoms with van der Waals surface area (Å²) in [5, 5.41) is 10.7. The predicted molar refractivity (Wildman–Crippen MR) is 75.6 cm³/mol. The fraction of sp³-hybridized carbons (Fsp3) is 0.462. The fourth-order valence-corrected chi connectivity index (χ4v) is 1.60. The lowest BCUT2D eigenvalue weighted by atomic mass is 10.1. The van der Waals surface area contributed by atoms with E-state index in [4.69, 9.17) is 10.5 Å². The lowest BCUT2D eigenvalue weighted by Gasteiger charge is -2.18. The van der Waals surface area contributed by atoms with Crippen molar-refractivity contribution >= 4 is 17.3 Å². The Bertz CT molecular complexity index is 502. The number of ether oxygens (including phenoxy) is 1. The molecule has 0 aliphatic rings. The van der Waals surface area contributed by atoms with Gasteiger partial charge in [0.2, 0.25) is 0 Å². The van der Waals surface area contributed by atoms with Crippen LogP contribution in [0.3, 0.4) is 0 Å². The number of carbonyl (C=O) groups is 1. The van der Waals surface area contributed by atoms with Gasteiger partial charge in [-0.3, -0.25) is 14.9 Å². The molecule has 1 amide bonds. The van der Waals surface area contributed by atoms with Gasteiger partial charge in [0.25, 0.3) is 11.6 Å². The molecule has 20 heavy (non-hydrogen) atoms. The van der Waals surface area contributed by atoms with E-state index in [-0.39, 0.29) is 23.4 Å². The normalized spacial score (nSPS) is 10.6. The van der Waals surface area contributed by atoms with Gasteiger partial charge in [0.1, 0.15) is 5.69 Å². The monoisotopic (exact) mass is 281 g/mol. The summed E-state index contributed by atoms with van der Waals surface area (Å²) in [7, 11) is 1.64. The van der Waals surface area contributed by atoms with Crippen molar-refractivity contribution in [2.75, 3.05) is 25.9 Å². The third-order valence-corrected chi connectivity index (χ3v) is 2.70. The maximum Gasteiger partial charge on any atom is 0.292 e. The van der Waals surface area contributed by atoms with E-state index in [0.29, 0.717) is 18.7 Å². The molecule has 0 aliphatic heterocycles. The molecule has 0 fully saturated rings. The zero-order chi connectivity index (χ0) is 15.3. The maximum absolute atomic E-state index is 12.1. The van der Waals surface area contributed by atoms with Crippen LogP contribution in [0.1, 0.15) is 24.2 Å². The number of benzene rings is 1. The summed E-state index contributed by atoms with van der Waals surface area (Å²) in [6, 6.07) is 3.96. The van der Waals surface area contributed by atoms with Crippen molar-refractivity contribution in [2.45, 2.75) is 20.0 Å². The molecular formula is C13H19N3O4. The van der Waals surface area contributed by atoms with Crippen LogP contribution in [0.25, 0.3) is 0 Å². The second kappa shape index (κ2) is 6.85. The molecule has 0 spiro atoms. The number of amides is 1. The Labute approximate surface area is 117 Å². The average molecular weight is 281 g/mol. The minimum Gasteiger partial charge on any atom is -0.393 e. The van der Waals surface area contributed by atoms with E-state index in [9.17, 15) is 14.9 Å². The molecule has 7 heteroatoms. The van der Waals surface area contributed by atoms with Gasteiger partial charge < -0.3 is 15.4 Å². The highest BCUT2D eigenvalue weighted by molar-refractivity contribution is 5.95. The molecule has 1 aromatic carbocycles. The number of nitrogens with two attached hydrogens (primary N) is 1. The summed E-state index contributed by atoms with van der Waals surface area (Å²) < 4.78 is 5.36. The third-order valence-electron chi connectivity index (χ3n) is 2.70. The highest BCUT2D eigenvalue weighted by atomic mass is 16.6. The van der Waals surface area contributed by atoms with Gasteiger partial charge in [0.15, 0.2) is 0 Å². The van der Waals surface area contributed by atoms with Gasteiger partial charge in [-0.15, -0.1) is 0 Å². The van der Waals surface area contributed by atoms with Gasteiger partial charge in [-0.25, -0.2) is 0 Å². The van der Waals surface area contributed by atoms with Crippen LogP contribution in [0.4, 0.5) is 11.4 Å². The summed E-state index contributed by atoms with van der Waals surface area (Å²) in [5.74, 6) is -0.251. The number of hydrogen-bond donors (Lipinski definition) is 1. The molecule has 0 radical (unpaired) electrons. The molecular weight excluding hydrogens is 262 g/mol. The summed E-state index contributed by atoms with van der Waals surface area (Å²) in [6.07, 6.45) is 0.105. The quantitative estimate of drug-likeness (QED) is 0.486. The van der Waals surface area contributed by atoms with E-state index in [1.807, 2.05) is 13.8 Å². The molecule has 0 bridgehead atoms. The van der Waals surface area contributed by atoms with Crippen molar-refractivity contribution < 1.29 is 14.5 Å². The Morgan fingerprint density at radius 2 is 2.15 bits per heavy atom. The van der Waals surface area contributed by atoms with Crippen LogP contribution < -0.4 is 5.73 Å². The van der Waals surface area contributed by atoms with E-state index in [0.717, 1.165) is 0 Å². The Morgan fingerprint density at radius 1 is 1.50 bits per heavy atom. The van der Waals surface area contributed by atoms with E-state index in [2.05, 4.69) is 0 Å². The molecule has 7 nitrogen and oxygen atoms in total. The van der Waals surface area contributed by atoms with Crippen LogP contribution >= 0.6 is 0 Å². The topological polar surface area (TPSA) is 98.7 Å². The van der Waals surface area contributed by atoms with Crippen molar-refractivity contribution in [1.82, 2.24) is 4.90 Å². The van der Waals surface area contributed by atoms with Gasteiger partial charge in [-0.05, 0) is 26.0 Å². The predicted octanol–water partition coefficient (Wildman–Crippen LogP) is 1.67. The lowest BCUT2D eigenvalue weighted by Crippen LogP contribution is -2.30. The number of hydrogen-bond acceptors (Lipinski definition) is 5. The second-order valence-electron chi connectivity index (χ2n) is 4.68. The first kappa shape index (κ1) is 15.9. The largest absolute Gasteiger partial charge is 0.393 e. The minimum atomic E-state index is -0.580. The standard InChI is InChI=1S/C13H19N3O4/c1-9(2)20-7-6-15(3)13(17)10-4-5-12(16(18)19)11(14)8-10/h4-5,8-9H,6-7,14H2,1-3H3. The molecule has 0 aliphatic carbocycles. The smallest absolute Gasteiger partial charge is 0.292 e. The molecule has 0 unspecified atom stereocenters. The summed E-state index contributed by atoms with van der Waals surface area (Å²) in [6.45, 7) is 4.70. The van der Waals surface area contributed by atoms with Crippen molar-refractivity contribution in [3.05, 3.63) is 33.9 Å². The van der Waals surface area contributed by atoms with Crippen LogP contribution in [0, 0.1) is 10.1 Å². The molecule has 0 saturated carbocycles. The number of nitro groups is 1. The Hall–Kier alpha value is -2.15. The Kier molecular flexibility index (Phi) is 5.45. The van der Waals surface area contributed by atoms with Crippen LogP contribution in [0.15, 0.2) is 18.2 Å². The summed E-state index contributed by atoms with van der Waals surface area (Å²) >= 11 is 0. The van der Waals surface area contributed by atoms with Crippen LogP contribution in [0.5, 0.6) is 0 Å². The molecule has 0 saturated heterocycles. The SMILES string of the molecule is CC(C)OCCN(C)C(=O)c1ccc([N+](=O)[O-])c(N)c1. The highest BCUT2D eigenvalue weighted by Gasteiger charge is 2.17. The molecule has 2 N–H and O–H groups in total. The third kappa shape index (κ3) is 4.20. The number of carbonyl (C=O) groups excluding carboxylic acids is 1. The molecule has 110 valence electrons. The van der Waals surface area contributed by atoms with Crippen molar-refractivity contribution in [2.24, 2.45) is 0 Å². The van der Waals surface area contributed by atoms with Crippen LogP contribution in [-0.2, 0) is 4.74 Å². The van der Waals surface area contributed by atoms with Crippen LogP contribution in [0.2, 0.25) is 0 Å². The molecule has 0 heterocycles. The average Bonchev–Trinajstić information content (AvgIpc) is 2.36. The van der Waals surface area contributed by atoms with Gasteiger partial charge in [-0.2, -0.15) is 0 Å². The number of nitrogens with zero attached hydrogens (tertiary/aromatic N) is 2. The van der Waals surface area contributed by atoms with Crippen molar-refractivity contribution in [3.63, 3.8) is 0 Å². The van der Waals surface area contributed by atoms with Crippen molar-refractivity contribution in [3.8, 4) is 0 Å². The van der Waals surface area contributed by atoms with Crippen LogP contribution in [-0.4, -0.2) is 42.0 Å². The highest BCUT2D eigenvalue weighted by Crippen LogP contribution is 2.22. The number of anilines is 1. The van der Waals surface area contributed by atoms with E-state index >= 15 is 0 Å². The zero-order valence-electron chi connectivity index (χ0n) is 11.8. The van der Waals surface area contributed by atoms with Crippen molar-refractivity contribution in [1.29, 1.82) is 0 Å². The zero-order valence-corrected chi connectivity index (χ0v) is 11.8. The molecule has 1 rings (SSSR count). The number of likely N-dealkylation sites (N-methyl/N-ethyl adjacent to an activating group) is 1.